The van der Waals surface area contributed by atoms with E-state index in [2.05, 4.69) is 4.74 Å². The zero-order valence-corrected chi connectivity index (χ0v) is 10.1. The average Bonchev–Trinajstić information content (AvgIpc) is 2.12. The molecule has 0 aromatic rings. The van der Waals surface area contributed by atoms with E-state index >= 15 is 0 Å². The number of hydrogen-bond donors (Lipinski definition) is 0. The minimum Gasteiger partial charge on any atom is -1.00 e. The summed E-state index contributed by atoms with van der Waals surface area (Å²) >= 11 is 0. The van der Waals surface area contributed by atoms with Crippen LogP contribution in [0.1, 0.15) is 15.3 Å². The second-order valence-corrected chi connectivity index (χ2v) is 2.32. The maximum Gasteiger partial charge on any atom is 1.00 e. The maximum atomic E-state index is 9.89. The summed E-state index contributed by atoms with van der Waals surface area (Å²) in [6, 6.07) is 0. The summed E-state index contributed by atoms with van der Waals surface area (Å²) in [6.45, 7) is 4.19. The van der Waals surface area contributed by atoms with Gasteiger partial charge in [-0.3, -0.25) is 4.79 Å². The van der Waals surface area contributed by atoms with Gasteiger partial charge in [0, 0.05) is 6.92 Å². The van der Waals surface area contributed by atoms with Gasteiger partial charge in [-0.1, -0.05) is 0 Å². The van der Waals surface area contributed by atoms with Crippen LogP contribution in [0.25, 0.3) is 0 Å². The molecule has 4 nitrogen and oxygen atoms in total. The minimum atomic E-state index is -1.15. The molecule has 1 heterocycles. The molecule has 11 heavy (non-hydrogen) atoms. The Hall–Kier alpha value is 1.03. The molecule has 2 unspecified atom stereocenters. The summed E-state index contributed by atoms with van der Waals surface area (Å²) in [5.74, 6) is -1.15. The summed E-state index contributed by atoms with van der Waals surface area (Å²) < 4.78 is 14.7. The fourth-order valence-electron chi connectivity index (χ4n) is 0.851. The first kappa shape index (κ1) is 12.0. The molecule has 1 aliphatic heterocycles. The van der Waals surface area contributed by atoms with Crippen molar-refractivity contribution in [1.82, 2.24) is 0 Å². The molecule has 0 amide bonds. The first-order valence-corrected chi connectivity index (χ1v) is 3.09. The predicted molar refractivity (Wildman–Crippen MR) is 33.2 cm³/mol. The van der Waals surface area contributed by atoms with Gasteiger partial charge < -0.3 is 15.6 Å². The molecule has 5 heteroatoms. The van der Waals surface area contributed by atoms with Gasteiger partial charge in [0.25, 0.3) is 6.47 Å². The molecule has 1 saturated heterocycles. The normalized spacial score (nSPS) is 36.0. The van der Waals surface area contributed by atoms with Gasteiger partial charge in [0.2, 0.25) is 0 Å². The van der Waals surface area contributed by atoms with Crippen molar-refractivity contribution in [3.63, 3.8) is 0 Å². The molecule has 0 bridgehead atoms. The summed E-state index contributed by atoms with van der Waals surface area (Å²) in [7, 11) is 0. The van der Waals surface area contributed by atoms with Gasteiger partial charge in [0.1, 0.15) is 0 Å². The van der Waals surface area contributed by atoms with E-state index in [0.717, 1.165) is 0 Å². The Labute approximate surface area is 109 Å². The molecule has 60 valence electrons. The van der Waals surface area contributed by atoms with E-state index in [1.807, 2.05) is 6.92 Å². The Bertz CT molecular complexity index is 146. The van der Waals surface area contributed by atoms with Crippen LogP contribution < -0.4 is 51.4 Å². The third-order valence-electron chi connectivity index (χ3n) is 1.26. The molecular weight excluding hydrogens is 175 g/mol. The largest absolute Gasteiger partial charge is 1.00 e. The molecule has 1 fully saturated rings. The second kappa shape index (κ2) is 4.91. The molecular formula is C6H11KO4. The van der Waals surface area contributed by atoms with Crippen LogP contribution in [0.5, 0.6) is 0 Å². The molecule has 0 radical (unpaired) electrons. The van der Waals surface area contributed by atoms with E-state index in [-0.39, 0.29) is 58.9 Å². The van der Waals surface area contributed by atoms with Crippen LogP contribution in [0.3, 0.4) is 0 Å². The van der Waals surface area contributed by atoms with Crippen molar-refractivity contribution < 1.29 is 71.8 Å². The number of hydrogen-bond acceptors (Lipinski definition) is 4. The summed E-state index contributed by atoms with van der Waals surface area (Å²) in [6.07, 6.45) is -0.00931. The van der Waals surface area contributed by atoms with Gasteiger partial charge in [-0.2, -0.15) is 0 Å². The molecule has 0 N–H and O–H groups in total. The topological polar surface area (TPSA) is 44.8 Å². The molecule has 0 aromatic carbocycles. The third-order valence-corrected chi connectivity index (χ3v) is 1.26. The number of carbonyl (C=O) groups is 1. The molecule has 2 atom stereocenters. The van der Waals surface area contributed by atoms with Crippen LogP contribution in [0, 0.1) is 0 Å². The van der Waals surface area contributed by atoms with Crippen molar-refractivity contribution in [2.75, 3.05) is 6.61 Å². The van der Waals surface area contributed by atoms with Crippen molar-refractivity contribution in [1.29, 1.82) is 0 Å². The van der Waals surface area contributed by atoms with E-state index in [4.69, 9.17) is 9.47 Å². The minimum absolute atomic E-state index is 0. The molecule has 1 rings (SSSR count). The van der Waals surface area contributed by atoms with Crippen molar-refractivity contribution in [3.05, 3.63) is 0 Å². The smallest absolute Gasteiger partial charge is 1.00 e. The van der Waals surface area contributed by atoms with E-state index in [1.54, 1.807) is 6.92 Å². The van der Waals surface area contributed by atoms with Crippen molar-refractivity contribution in [3.8, 4) is 0 Å². The van der Waals surface area contributed by atoms with Crippen molar-refractivity contribution in [2.45, 2.75) is 25.9 Å². The Kier molecular flexibility index (Phi) is 5.37. The molecule has 0 saturated carbocycles. The van der Waals surface area contributed by atoms with Crippen LogP contribution in [0.15, 0.2) is 0 Å². The van der Waals surface area contributed by atoms with Crippen molar-refractivity contribution >= 4 is 6.47 Å². The quantitative estimate of drug-likeness (QED) is 0.350. The summed E-state index contributed by atoms with van der Waals surface area (Å²) in [4.78, 5) is 9.89. The van der Waals surface area contributed by atoms with Gasteiger partial charge in [0.15, 0.2) is 0 Å². The number of carbonyl (C=O) groups excluding carboxylic acids is 1. The third kappa shape index (κ3) is 3.50. The van der Waals surface area contributed by atoms with Gasteiger partial charge in [-0.05, 0) is 6.92 Å². The van der Waals surface area contributed by atoms with Crippen molar-refractivity contribution in [2.24, 2.45) is 0 Å². The van der Waals surface area contributed by atoms with Gasteiger partial charge in [-0.15, -0.1) is 0 Å². The summed E-state index contributed by atoms with van der Waals surface area (Å²) in [5, 5.41) is 0. The predicted octanol–water partition coefficient (Wildman–Crippen LogP) is -2.62. The van der Waals surface area contributed by atoms with Gasteiger partial charge in [0.05, 0.1) is 12.7 Å². The van der Waals surface area contributed by atoms with Crippen LogP contribution in [-0.4, -0.2) is 25.2 Å². The van der Waals surface area contributed by atoms with Gasteiger partial charge in [-0.25, -0.2) is 0 Å². The zero-order chi connectivity index (χ0) is 7.61. The fraction of sp³-hybridized carbons (Fsp3) is 0.833. The first-order chi connectivity index (χ1) is 4.66. The molecule has 1 aliphatic rings. The van der Waals surface area contributed by atoms with E-state index < -0.39 is 5.97 Å². The monoisotopic (exact) mass is 186 g/mol. The molecule has 0 aliphatic carbocycles. The Morgan fingerprint density at radius 3 is 2.82 bits per heavy atom. The number of ether oxygens (including phenoxy) is 3. The molecule has 0 aromatic heterocycles. The van der Waals surface area contributed by atoms with Gasteiger partial charge >= 0.3 is 57.4 Å². The maximum absolute atomic E-state index is 9.89. The number of rotatable bonds is 2. The van der Waals surface area contributed by atoms with Crippen LogP contribution in [0.4, 0.5) is 0 Å². The van der Waals surface area contributed by atoms with Crippen LogP contribution >= 0.6 is 0 Å². The molecule has 0 spiro atoms. The van der Waals surface area contributed by atoms with E-state index in [0.29, 0.717) is 13.1 Å². The van der Waals surface area contributed by atoms with E-state index in [9.17, 15) is 4.79 Å². The van der Waals surface area contributed by atoms with Crippen LogP contribution in [0.2, 0.25) is 0 Å². The second-order valence-electron chi connectivity index (χ2n) is 2.32. The fourth-order valence-corrected chi connectivity index (χ4v) is 0.851. The first-order valence-electron chi connectivity index (χ1n) is 3.09. The summed E-state index contributed by atoms with van der Waals surface area (Å²) in [5.41, 5.74) is 0. The van der Waals surface area contributed by atoms with Crippen LogP contribution in [-0.2, 0) is 19.0 Å². The average molecular weight is 186 g/mol. The SMILES string of the molecule is CC1COC(C)(OC=O)O1.[H-].[K+]. The Balaban J connectivity index is 0. The Morgan fingerprint density at radius 1 is 1.82 bits per heavy atom. The Morgan fingerprint density at radius 2 is 2.45 bits per heavy atom. The standard InChI is InChI=1S/C6H10O4.K.H/c1-5-3-8-6(2,10-5)9-4-7;;/h4-5H,3H2,1-2H3;;/q;+1;-1. The zero-order valence-electron chi connectivity index (χ0n) is 7.99. The van der Waals surface area contributed by atoms with E-state index in [1.165, 1.54) is 0 Å².